The van der Waals surface area contributed by atoms with Gasteiger partial charge in [-0.05, 0) is 24.6 Å². The molecule has 3 rings (SSSR count). The van der Waals surface area contributed by atoms with Crippen LogP contribution < -0.4 is 5.32 Å². The first-order valence-corrected chi connectivity index (χ1v) is 7.44. The lowest BCUT2D eigenvalue weighted by Crippen LogP contribution is -2.07. The van der Waals surface area contributed by atoms with Crippen LogP contribution in [0.5, 0.6) is 5.75 Å². The van der Waals surface area contributed by atoms with Crippen molar-refractivity contribution in [3.63, 3.8) is 0 Å². The van der Waals surface area contributed by atoms with Crippen LogP contribution in [0.2, 0.25) is 0 Å². The summed E-state index contributed by atoms with van der Waals surface area (Å²) in [5.41, 5.74) is 4.09. The summed E-state index contributed by atoms with van der Waals surface area (Å²) in [5, 5.41) is 13.7. The highest BCUT2D eigenvalue weighted by atomic mass is 16.3. The number of aromatic hydroxyl groups is 1. The van der Waals surface area contributed by atoms with Gasteiger partial charge in [-0.1, -0.05) is 66.7 Å². The molecule has 22 heavy (non-hydrogen) atoms. The summed E-state index contributed by atoms with van der Waals surface area (Å²) in [7, 11) is 0. The fourth-order valence-electron chi connectivity index (χ4n) is 2.60. The maximum atomic E-state index is 10.1. The van der Waals surface area contributed by atoms with E-state index in [2.05, 4.69) is 24.4 Å². The Morgan fingerprint density at radius 1 is 0.727 bits per heavy atom. The van der Waals surface area contributed by atoms with Crippen molar-refractivity contribution in [3.05, 3.63) is 84.4 Å². The average molecular weight is 289 g/mol. The highest BCUT2D eigenvalue weighted by Gasteiger charge is 2.11. The highest BCUT2D eigenvalue weighted by molar-refractivity contribution is 5.81. The predicted molar refractivity (Wildman–Crippen MR) is 92.0 cm³/mol. The first-order valence-electron chi connectivity index (χ1n) is 7.44. The molecule has 0 radical (unpaired) electrons. The van der Waals surface area contributed by atoms with Crippen LogP contribution in [0.15, 0.2) is 78.9 Å². The molecule has 110 valence electrons. The van der Waals surface area contributed by atoms with Gasteiger partial charge in [0.15, 0.2) is 0 Å². The van der Waals surface area contributed by atoms with Crippen molar-refractivity contribution < 1.29 is 5.11 Å². The zero-order valence-corrected chi connectivity index (χ0v) is 12.5. The van der Waals surface area contributed by atoms with Crippen LogP contribution in [-0.4, -0.2) is 5.11 Å². The Hall–Kier alpha value is -2.74. The molecule has 0 heterocycles. The second-order valence-corrected chi connectivity index (χ2v) is 5.34. The Bertz CT molecular complexity index is 752. The molecular formula is C20H19NO. The molecule has 0 bridgehead atoms. The van der Waals surface area contributed by atoms with Crippen LogP contribution in [0.1, 0.15) is 18.5 Å². The van der Waals surface area contributed by atoms with E-state index in [0.29, 0.717) is 5.75 Å². The normalized spacial score (nSPS) is 11.9. The minimum atomic E-state index is 0.188. The SMILES string of the molecule is C[C@@H](Nc1ccccc1-c1ccccc1O)c1ccccc1. The van der Waals surface area contributed by atoms with E-state index in [1.165, 1.54) is 5.56 Å². The number of hydrogen-bond acceptors (Lipinski definition) is 2. The van der Waals surface area contributed by atoms with Gasteiger partial charge in [-0.3, -0.25) is 0 Å². The topological polar surface area (TPSA) is 32.3 Å². The Balaban J connectivity index is 1.94. The summed E-state index contributed by atoms with van der Waals surface area (Å²) in [6.07, 6.45) is 0. The van der Waals surface area contributed by atoms with Gasteiger partial charge in [-0.15, -0.1) is 0 Å². The summed E-state index contributed by atoms with van der Waals surface area (Å²) < 4.78 is 0. The van der Waals surface area contributed by atoms with Gasteiger partial charge < -0.3 is 10.4 Å². The fourth-order valence-corrected chi connectivity index (χ4v) is 2.60. The van der Waals surface area contributed by atoms with Gasteiger partial charge in [0, 0.05) is 22.9 Å². The number of anilines is 1. The molecule has 1 atom stereocenters. The van der Waals surface area contributed by atoms with Gasteiger partial charge in [0.1, 0.15) is 5.75 Å². The van der Waals surface area contributed by atoms with Crippen molar-refractivity contribution >= 4 is 5.69 Å². The maximum absolute atomic E-state index is 10.1. The molecule has 0 aliphatic rings. The molecule has 0 aromatic heterocycles. The number of nitrogens with one attached hydrogen (secondary N) is 1. The summed E-state index contributed by atoms with van der Waals surface area (Å²) in [6, 6.07) is 26.0. The lowest BCUT2D eigenvalue weighted by atomic mass is 10.0. The van der Waals surface area contributed by atoms with Crippen molar-refractivity contribution in [2.24, 2.45) is 0 Å². The van der Waals surface area contributed by atoms with E-state index in [4.69, 9.17) is 0 Å². The molecule has 0 aliphatic carbocycles. The van der Waals surface area contributed by atoms with E-state index >= 15 is 0 Å². The molecule has 0 spiro atoms. The Morgan fingerprint density at radius 2 is 1.32 bits per heavy atom. The van der Waals surface area contributed by atoms with Crippen molar-refractivity contribution in [1.29, 1.82) is 0 Å². The van der Waals surface area contributed by atoms with Crippen molar-refractivity contribution in [3.8, 4) is 16.9 Å². The number of para-hydroxylation sites is 2. The Labute approximate surface area is 131 Å². The third-order valence-corrected chi connectivity index (χ3v) is 3.79. The Morgan fingerprint density at radius 3 is 2.05 bits per heavy atom. The van der Waals surface area contributed by atoms with Crippen LogP contribution in [0.3, 0.4) is 0 Å². The lowest BCUT2D eigenvalue weighted by Gasteiger charge is -2.19. The number of hydrogen-bond donors (Lipinski definition) is 2. The van der Waals surface area contributed by atoms with Crippen LogP contribution in [0, 0.1) is 0 Å². The van der Waals surface area contributed by atoms with E-state index in [1.807, 2.05) is 60.7 Å². The summed E-state index contributed by atoms with van der Waals surface area (Å²) in [6.45, 7) is 2.14. The third-order valence-electron chi connectivity index (χ3n) is 3.79. The minimum absolute atomic E-state index is 0.188. The van der Waals surface area contributed by atoms with E-state index in [-0.39, 0.29) is 6.04 Å². The van der Waals surface area contributed by atoms with Crippen LogP contribution in [0.25, 0.3) is 11.1 Å². The number of phenols is 1. The molecule has 2 N–H and O–H groups in total. The fraction of sp³-hybridized carbons (Fsp3) is 0.100. The lowest BCUT2D eigenvalue weighted by molar-refractivity contribution is 0.477. The van der Waals surface area contributed by atoms with E-state index in [1.54, 1.807) is 6.07 Å². The summed E-state index contributed by atoms with van der Waals surface area (Å²) >= 11 is 0. The van der Waals surface area contributed by atoms with Crippen molar-refractivity contribution in [2.75, 3.05) is 5.32 Å². The summed E-state index contributed by atoms with van der Waals surface area (Å²) in [5.74, 6) is 0.295. The average Bonchev–Trinajstić information content (AvgIpc) is 2.57. The smallest absolute Gasteiger partial charge is 0.123 e. The predicted octanol–water partition coefficient (Wildman–Crippen LogP) is 5.23. The monoisotopic (exact) mass is 289 g/mol. The standard InChI is InChI=1S/C20H19NO/c1-15(16-9-3-2-4-10-16)21-19-13-7-5-11-17(19)18-12-6-8-14-20(18)22/h2-15,21-22H,1H3/t15-/m1/s1. The number of phenolic OH excluding ortho intramolecular Hbond substituents is 1. The van der Waals surface area contributed by atoms with Gasteiger partial charge in [0.25, 0.3) is 0 Å². The molecule has 0 fully saturated rings. The van der Waals surface area contributed by atoms with Gasteiger partial charge in [-0.25, -0.2) is 0 Å². The molecule has 0 aliphatic heterocycles. The van der Waals surface area contributed by atoms with Gasteiger partial charge >= 0.3 is 0 Å². The molecule has 3 aromatic rings. The largest absolute Gasteiger partial charge is 0.507 e. The maximum Gasteiger partial charge on any atom is 0.123 e. The zero-order chi connectivity index (χ0) is 15.4. The van der Waals surface area contributed by atoms with Crippen LogP contribution >= 0.6 is 0 Å². The molecule has 0 unspecified atom stereocenters. The van der Waals surface area contributed by atoms with Gasteiger partial charge in [-0.2, -0.15) is 0 Å². The zero-order valence-electron chi connectivity index (χ0n) is 12.5. The van der Waals surface area contributed by atoms with E-state index in [9.17, 15) is 5.11 Å². The van der Waals surface area contributed by atoms with Crippen LogP contribution in [-0.2, 0) is 0 Å². The van der Waals surface area contributed by atoms with Crippen molar-refractivity contribution in [2.45, 2.75) is 13.0 Å². The molecule has 2 nitrogen and oxygen atoms in total. The first-order chi connectivity index (χ1) is 10.8. The van der Waals surface area contributed by atoms with Crippen molar-refractivity contribution in [1.82, 2.24) is 0 Å². The second-order valence-electron chi connectivity index (χ2n) is 5.34. The second kappa shape index (κ2) is 6.35. The quantitative estimate of drug-likeness (QED) is 0.689. The first kappa shape index (κ1) is 14.2. The summed E-state index contributed by atoms with van der Waals surface area (Å²) in [4.78, 5) is 0. The molecule has 2 heteroatoms. The Kier molecular flexibility index (Phi) is 4.10. The number of rotatable bonds is 4. The molecule has 0 saturated carbocycles. The molecule has 3 aromatic carbocycles. The van der Waals surface area contributed by atoms with E-state index < -0.39 is 0 Å². The third kappa shape index (κ3) is 2.96. The number of benzene rings is 3. The molecular weight excluding hydrogens is 270 g/mol. The highest BCUT2D eigenvalue weighted by Crippen LogP contribution is 2.35. The molecule has 0 amide bonds. The molecule has 0 saturated heterocycles. The minimum Gasteiger partial charge on any atom is -0.507 e. The van der Waals surface area contributed by atoms with Gasteiger partial charge in [0.05, 0.1) is 0 Å². The van der Waals surface area contributed by atoms with Gasteiger partial charge in [0.2, 0.25) is 0 Å². The van der Waals surface area contributed by atoms with E-state index in [0.717, 1.165) is 16.8 Å². The van der Waals surface area contributed by atoms with Crippen LogP contribution in [0.4, 0.5) is 5.69 Å².